The Bertz CT molecular complexity index is 517. The zero-order valence-corrected chi connectivity index (χ0v) is 17.0. The summed E-state index contributed by atoms with van der Waals surface area (Å²) in [6.07, 6.45) is 7.45. The second kappa shape index (κ2) is 9.38. The monoisotopic (exact) mass is 347 g/mol. The van der Waals surface area contributed by atoms with Crippen LogP contribution in [0.25, 0.3) is 0 Å². The van der Waals surface area contributed by atoms with Gasteiger partial charge in [0.1, 0.15) is 0 Å². The molecule has 3 nitrogen and oxygen atoms in total. The standard InChI is InChI=1S/C13H18O2.C9H19N/c1-3-5-10(4-2)11-6-8-12(9-7-11)13(14)15;1-8(2)6-5-7-9(3,4)10-8/h6-10H,3-5H2,1-2H3,(H,14,15);10H,5-7H2,1-4H3. The van der Waals surface area contributed by atoms with Crippen LogP contribution in [0.4, 0.5) is 0 Å². The Balaban J connectivity index is 0.000000271. The van der Waals surface area contributed by atoms with Crippen LogP contribution in [-0.2, 0) is 0 Å². The maximum atomic E-state index is 10.7. The normalized spacial score (nSPS) is 19.4. The largest absolute Gasteiger partial charge is 0.478 e. The van der Waals surface area contributed by atoms with Crippen molar-refractivity contribution >= 4 is 5.97 Å². The third kappa shape index (κ3) is 7.60. The molecule has 0 aromatic heterocycles. The highest BCUT2D eigenvalue weighted by Gasteiger charge is 2.31. The molecule has 1 fully saturated rings. The molecule has 1 heterocycles. The van der Waals surface area contributed by atoms with E-state index in [-0.39, 0.29) is 0 Å². The first kappa shape index (κ1) is 21.7. The Hall–Kier alpha value is -1.35. The molecule has 0 saturated carbocycles. The van der Waals surface area contributed by atoms with E-state index < -0.39 is 5.97 Å². The molecule has 1 aliphatic heterocycles. The van der Waals surface area contributed by atoms with Gasteiger partial charge in [0, 0.05) is 11.1 Å². The summed E-state index contributed by atoms with van der Waals surface area (Å²) in [6, 6.07) is 7.26. The fourth-order valence-corrected chi connectivity index (χ4v) is 3.87. The predicted molar refractivity (Wildman–Crippen MR) is 106 cm³/mol. The van der Waals surface area contributed by atoms with Crippen LogP contribution in [0, 0.1) is 0 Å². The van der Waals surface area contributed by atoms with Gasteiger partial charge in [-0.05, 0) is 83.4 Å². The van der Waals surface area contributed by atoms with Crippen LogP contribution < -0.4 is 5.32 Å². The van der Waals surface area contributed by atoms with Crippen molar-refractivity contribution < 1.29 is 9.90 Å². The molecule has 1 aromatic carbocycles. The van der Waals surface area contributed by atoms with Gasteiger partial charge >= 0.3 is 5.97 Å². The molecule has 1 aromatic rings. The molecule has 3 heteroatoms. The van der Waals surface area contributed by atoms with Gasteiger partial charge in [-0.1, -0.05) is 32.4 Å². The second-order valence-electron chi connectivity index (χ2n) is 8.57. The molecule has 25 heavy (non-hydrogen) atoms. The number of rotatable bonds is 5. The molecule has 0 radical (unpaired) electrons. The SMILES string of the molecule is CC1(C)CCCC(C)(C)N1.CCCC(CC)c1ccc(C(=O)O)cc1. The Morgan fingerprint density at radius 3 is 1.92 bits per heavy atom. The number of nitrogens with one attached hydrogen (secondary N) is 1. The van der Waals surface area contributed by atoms with E-state index in [2.05, 4.69) is 46.9 Å². The van der Waals surface area contributed by atoms with Gasteiger partial charge in [0.2, 0.25) is 0 Å². The Kier molecular flexibility index (Phi) is 8.14. The van der Waals surface area contributed by atoms with E-state index in [0.717, 1.165) is 6.42 Å². The van der Waals surface area contributed by atoms with E-state index in [1.165, 1.54) is 37.7 Å². The third-order valence-corrected chi connectivity index (χ3v) is 5.04. The summed E-state index contributed by atoms with van der Waals surface area (Å²) in [5, 5.41) is 12.4. The van der Waals surface area contributed by atoms with E-state index in [1.807, 2.05) is 12.1 Å². The van der Waals surface area contributed by atoms with Gasteiger partial charge in [-0.15, -0.1) is 0 Å². The number of carboxylic acid groups (broad SMARTS) is 1. The number of carboxylic acids is 1. The van der Waals surface area contributed by atoms with Crippen LogP contribution in [-0.4, -0.2) is 22.2 Å². The summed E-state index contributed by atoms with van der Waals surface area (Å²) in [5.41, 5.74) is 2.35. The number of hydrogen-bond acceptors (Lipinski definition) is 2. The van der Waals surface area contributed by atoms with Gasteiger partial charge in [-0.2, -0.15) is 0 Å². The zero-order chi connectivity index (χ0) is 19.1. The fraction of sp³-hybridized carbons (Fsp3) is 0.682. The number of hydrogen-bond donors (Lipinski definition) is 2. The Labute approximate surface area is 154 Å². The van der Waals surface area contributed by atoms with Gasteiger partial charge in [0.25, 0.3) is 0 Å². The second-order valence-corrected chi connectivity index (χ2v) is 8.57. The lowest BCUT2D eigenvalue weighted by Gasteiger charge is -2.42. The third-order valence-electron chi connectivity index (χ3n) is 5.04. The van der Waals surface area contributed by atoms with Crippen LogP contribution in [0.5, 0.6) is 0 Å². The topological polar surface area (TPSA) is 49.3 Å². The van der Waals surface area contributed by atoms with Gasteiger partial charge in [-0.25, -0.2) is 4.79 Å². The lowest BCUT2D eigenvalue weighted by Crippen LogP contribution is -2.55. The van der Waals surface area contributed by atoms with Crippen LogP contribution in [0.15, 0.2) is 24.3 Å². The van der Waals surface area contributed by atoms with Gasteiger partial charge in [-0.3, -0.25) is 0 Å². The van der Waals surface area contributed by atoms with Crippen LogP contribution in [0.1, 0.15) is 102 Å². The number of piperidine rings is 1. The van der Waals surface area contributed by atoms with E-state index in [1.54, 1.807) is 12.1 Å². The molecule has 2 N–H and O–H groups in total. The summed E-state index contributed by atoms with van der Waals surface area (Å²) >= 11 is 0. The molecular formula is C22H37NO2. The summed E-state index contributed by atoms with van der Waals surface area (Å²) < 4.78 is 0. The fourth-order valence-electron chi connectivity index (χ4n) is 3.87. The number of benzene rings is 1. The highest BCUT2D eigenvalue weighted by atomic mass is 16.4. The first-order chi connectivity index (χ1) is 11.6. The van der Waals surface area contributed by atoms with Crippen molar-refractivity contribution in [2.75, 3.05) is 0 Å². The number of carbonyl (C=O) groups is 1. The lowest BCUT2D eigenvalue weighted by atomic mass is 9.83. The van der Waals surface area contributed by atoms with E-state index in [4.69, 9.17) is 5.11 Å². The molecule has 2 rings (SSSR count). The van der Waals surface area contributed by atoms with Crippen molar-refractivity contribution in [3.8, 4) is 0 Å². The van der Waals surface area contributed by atoms with Gasteiger partial charge < -0.3 is 10.4 Å². The molecule has 1 atom stereocenters. The quantitative estimate of drug-likeness (QED) is 0.687. The summed E-state index contributed by atoms with van der Waals surface area (Å²) in [7, 11) is 0. The van der Waals surface area contributed by atoms with Gasteiger partial charge in [0.05, 0.1) is 5.56 Å². The molecule has 0 bridgehead atoms. The maximum Gasteiger partial charge on any atom is 0.335 e. The molecule has 0 aliphatic carbocycles. The molecular weight excluding hydrogens is 310 g/mol. The Morgan fingerprint density at radius 2 is 1.60 bits per heavy atom. The molecule has 1 aliphatic rings. The first-order valence-corrected chi connectivity index (χ1v) is 9.73. The van der Waals surface area contributed by atoms with Crippen molar-refractivity contribution in [3.05, 3.63) is 35.4 Å². The molecule has 0 amide bonds. The van der Waals surface area contributed by atoms with E-state index in [0.29, 0.717) is 22.6 Å². The zero-order valence-electron chi connectivity index (χ0n) is 17.0. The summed E-state index contributed by atoms with van der Waals surface area (Å²) in [5.74, 6) is -0.289. The van der Waals surface area contributed by atoms with Crippen molar-refractivity contribution in [2.24, 2.45) is 0 Å². The summed E-state index contributed by atoms with van der Waals surface area (Å²) in [6.45, 7) is 13.5. The van der Waals surface area contributed by atoms with E-state index >= 15 is 0 Å². The van der Waals surface area contributed by atoms with Crippen LogP contribution in [0.2, 0.25) is 0 Å². The van der Waals surface area contributed by atoms with Gasteiger partial charge in [0.15, 0.2) is 0 Å². The van der Waals surface area contributed by atoms with Crippen molar-refractivity contribution in [1.82, 2.24) is 5.32 Å². The number of aromatic carboxylic acids is 1. The minimum Gasteiger partial charge on any atom is -0.478 e. The highest BCUT2D eigenvalue weighted by molar-refractivity contribution is 5.87. The van der Waals surface area contributed by atoms with Crippen molar-refractivity contribution in [1.29, 1.82) is 0 Å². The minimum absolute atomic E-state index is 0.363. The minimum atomic E-state index is -0.856. The van der Waals surface area contributed by atoms with E-state index in [9.17, 15) is 4.79 Å². The molecule has 0 spiro atoms. The first-order valence-electron chi connectivity index (χ1n) is 9.73. The Morgan fingerprint density at radius 1 is 1.08 bits per heavy atom. The molecule has 142 valence electrons. The smallest absolute Gasteiger partial charge is 0.335 e. The van der Waals surface area contributed by atoms with Crippen molar-refractivity contribution in [3.63, 3.8) is 0 Å². The maximum absolute atomic E-state index is 10.7. The average Bonchev–Trinajstić information content (AvgIpc) is 2.51. The predicted octanol–water partition coefficient (Wildman–Crippen LogP) is 6.00. The average molecular weight is 348 g/mol. The highest BCUT2D eigenvalue weighted by Crippen LogP contribution is 2.27. The van der Waals surface area contributed by atoms with Crippen molar-refractivity contribution in [2.45, 2.75) is 97.1 Å². The van der Waals surface area contributed by atoms with Crippen LogP contribution >= 0.6 is 0 Å². The molecule has 1 saturated heterocycles. The summed E-state index contributed by atoms with van der Waals surface area (Å²) in [4.78, 5) is 10.7. The lowest BCUT2D eigenvalue weighted by molar-refractivity contribution is 0.0697. The molecule has 1 unspecified atom stereocenters. The van der Waals surface area contributed by atoms with Crippen LogP contribution in [0.3, 0.4) is 0 Å².